The molecule has 1 amide bonds. The van der Waals surface area contributed by atoms with Crippen molar-refractivity contribution in [1.29, 1.82) is 0 Å². The minimum atomic E-state index is -0.335. The van der Waals surface area contributed by atoms with Gasteiger partial charge in [0.15, 0.2) is 11.5 Å². The van der Waals surface area contributed by atoms with Gasteiger partial charge in [-0.05, 0) is 52.2 Å². The first kappa shape index (κ1) is 16.6. The molecule has 0 bridgehead atoms. The van der Waals surface area contributed by atoms with Crippen LogP contribution in [0.5, 0.6) is 0 Å². The molecule has 0 fully saturated rings. The van der Waals surface area contributed by atoms with E-state index in [1.54, 1.807) is 41.7 Å². The number of thiophene rings is 1. The van der Waals surface area contributed by atoms with E-state index in [9.17, 15) is 4.79 Å². The van der Waals surface area contributed by atoms with Crippen molar-refractivity contribution in [2.45, 2.75) is 6.04 Å². The monoisotopic (exact) mass is 384 g/mol. The first-order valence-corrected chi connectivity index (χ1v) is 9.12. The molecule has 0 aliphatic heterocycles. The zero-order valence-electron chi connectivity index (χ0n) is 13.4. The Morgan fingerprint density at radius 3 is 2.65 bits per heavy atom. The predicted octanol–water partition coefficient (Wildman–Crippen LogP) is 5.17. The molecule has 4 rings (SSSR count). The standard InChI is InChI=1S/C19H13ClN2O3S/c20-14-5-3-12(4-6-14)18(13-7-9-26-11-13)21-19(23)15-10-17(25-22-15)16-2-1-8-24-16/h1-11,18H,(H,21,23). The smallest absolute Gasteiger partial charge is 0.274 e. The van der Waals surface area contributed by atoms with Gasteiger partial charge in [-0.25, -0.2) is 0 Å². The van der Waals surface area contributed by atoms with Gasteiger partial charge in [-0.15, -0.1) is 0 Å². The maximum Gasteiger partial charge on any atom is 0.274 e. The summed E-state index contributed by atoms with van der Waals surface area (Å²) in [7, 11) is 0. The van der Waals surface area contributed by atoms with Crippen LogP contribution in [-0.4, -0.2) is 11.1 Å². The molecule has 3 heterocycles. The summed E-state index contributed by atoms with van der Waals surface area (Å²) in [5.41, 5.74) is 2.10. The van der Waals surface area contributed by atoms with Crippen LogP contribution >= 0.6 is 22.9 Å². The molecule has 1 atom stereocenters. The highest BCUT2D eigenvalue weighted by Crippen LogP contribution is 2.26. The largest absolute Gasteiger partial charge is 0.461 e. The second-order valence-corrected chi connectivity index (χ2v) is 6.78. The van der Waals surface area contributed by atoms with Crippen LogP contribution < -0.4 is 5.32 Å². The highest BCUT2D eigenvalue weighted by atomic mass is 35.5. The predicted molar refractivity (Wildman–Crippen MR) is 99.3 cm³/mol. The molecule has 0 saturated heterocycles. The van der Waals surface area contributed by atoms with Crippen LogP contribution in [0.3, 0.4) is 0 Å². The van der Waals surface area contributed by atoms with Gasteiger partial charge in [-0.1, -0.05) is 28.9 Å². The van der Waals surface area contributed by atoms with E-state index in [1.165, 1.54) is 6.26 Å². The number of hydrogen-bond acceptors (Lipinski definition) is 5. The number of benzene rings is 1. The van der Waals surface area contributed by atoms with E-state index in [0.29, 0.717) is 16.5 Å². The van der Waals surface area contributed by atoms with E-state index in [2.05, 4.69) is 10.5 Å². The molecule has 0 spiro atoms. The van der Waals surface area contributed by atoms with Gasteiger partial charge in [0, 0.05) is 11.1 Å². The van der Waals surface area contributed by atoms with Crippen molar-refractivity contribution in [3.8, 4) is 11.5 Å². The zero-order chi connectivity index (χ0) is 17.9. The highest BCUT2D eigenvalue weighted by Gasteiger charge is 2.21. The molecule has 0 aliphatic rings. The summed E-state index contributed by atoms with van der Waals surface area (Å²) < 4.78 is 10.5. The van der Waals surface area contributed by atoms with Crippen LogP contribution in [0.15, 0.2) is 74.5 Å². The van der Waals surface area contributed by atoms with E-state index in [4.69, 9.17) is 20.5 Å². The maximum atomic E-state index is 12.7. The van der Waals surface area contributed by atoms with Crippen molar-refractivity contribution >= 4 is 28.8 Å². The van der Waals surface area contributed by atoms with Crippen molar-refractivity contribution in [3.05, 3.63) is 87.4 Å². The molecule has 3 aromatic heterocycles. The van der Waals surface area contributed by atoms with Gasteiger partial charge in [-0.3, -0.25) is 4.79 Å². The van der Waals surface area contributed by atoms with Gasteiger partial charge in [0.25, 0.3) is 5.91 Å². The molecule has 0 aliphatic carbocycles. The SMILES string of the molecule is O=C(NC(c1ccc(Cl)cc1)c1ccsc1)c1cc(-c2ccco2)on1. The van der Waals surface area contributed by atoms with Crippen LogP contribution in [0.1, 0.15) is 27.7 Å². The summed E-state index contributed by atoms with van der Waals surface area (Å²) >= 11 is 7.55. The molecule has 7 heteroatoms. The Labute approximate surface area is 158 Å². The lowest BCUT2D eigenvalue weighted by Crippen LogP contribution is -2.29. The lowest BCUT2D eigenvalue weighted by Gasteiger charge is -2.18. The molecule has 26 heavy (non-hydrogen) atoms. The topological polar surface area (TPSA) is 68.3 Å². The average molecular weight is 385 g/mol. The number of amides is 1. The Hall–Kier alpha value is -2.83. The number of nitrogens with one attached hydrogen (secondary N) is 1. The molecule has 1 aromatic carbocycles. The van der Waals surface area contributed by atoms with Crippen LogP contribution in [-0.2, 0) is 0 Å². The third kappa shape index (κ3) is 3.42. The number of halogens is 1. The Morgan fingerprint density at radius 1 is 1.12 bits per heavy atom. The van der Waals surface area contributed by atoms with Crippen LogP contribution in [0, 0.1) is 0 Å². The molecule has 0 saturated carbocycles. The van der Waals surface area contributed by atoms with Gasteiger partial charge in [0.1, 0.15) is 0 Å². The second-order valence-electron chi connectivity index (χ2n) is 5.57. The van der Waals surface area contributed by atoms with E-state index in [0.717, 1.165) is 11.1 Å². The first-order valence-electron chi connectivity index (χ1n) is 7.80. The van der Waals surface area contributed by atoms with Gasteiger partial charge < -0.3 is 14.3 Å². The van der Waals surface area contributed by atoms with Crippen molar-refractivity contribution in [2.24, 2.45) is 0 Å². The van der Waals surface area contributed by atoms with Crippen LogP contribution in [0.25, 0.3) is 11.5 Å². The molecule has 5 nitrogen and oxygen atoms in total. The third-order valence-electron chi connectivity index (χ3n) is 3.86. The Kier molecular flexibility index (Phi) is 4.60. The molecule has 0 radical (unpaired) electrons. The van der Waals surface area contributed by atoms with E-state index >= 15 is 0 Å². The number of carbonyl (C=O) groups excluding carboxylic acids is 1. The fourth-order valence-electron chi connectivity index (χ4n) is 2.58. The number of hydrogen-bond donors (Lipinski definition) is 1. The van der Waals surface area contributed by atoms with Gasteiger partial charge in [0.2, 0.25) is 5.76 Å². The molecule has 1 unspecified atom stereocenters. The summed E-state index contributed by atoms with van der Waals surface area (Å²) in [6.45, 7) is 0. The summed E-state index contributed by atoms with van der Waals surface area (Å²) in [6.07, 6.45) is 1.53. The number of aromatic nitrogens is 1. The lowest BCUT2D eigenvalue weighted by molar-refractivity contribution is 0.0934. The summed E-state index contributed by atoms with van der Waals surface area (Å²) in [5, 5.41) is 11.5. The summed E-state index contributed by atoms with van der Waals surface area (Å²) in [6, 6.07) is 14.1. The molecule has 130 valence electrons. The van der Waals surface area contributed by atoms with Crippen LogP contribution in [0.2, 0.25) is 5.02 Å². The molecular formula is C19H13ClN2O3S. The average Bonchev–Trinajstić information content (AvgIpc) is 3.42. The molecule has 4 aromatic rings. The van der Waals surface area contributed by atoms with E-state index in [1.807, 2.05) is 29.0 Å². The Bertz CT molecular complexity index is 992. The fraction of sp³-hybridized carbons (Fsp3) is 0.0526. The number of carbonyl (C=O) groups is 1. The Balaban J connectivity index is 1.59. The zero-order valence-corrected chi connectivity index (χ0v) is 15.0. The summed E-state index contributed by atoms with van der Waals surface area (Å²) in [5.74, 6) is 0.583. The Morgan fingerprint density at radius 2 is 1.96 bits per heavy atom. The number of furan rings is 1. The molecule has 1 N–H and O–H groups in total. The van der Waals surface area contributed by atoms with Crippen molar-refractivity contribution in [1.82, 2.24) is 10.5 Å². The quantitative estimate of drug-likeness (QED) is 0.515. The first-order chi connectivity index (χ1) is 12.7. The van der Waals surface area contributed by atoms with Crippen molar-refractivity contribution in [3.63, 3.8) is 0 Å². The minimum absolute atomic E-state index is 0.186. The minimum Gasteiger partial charge on any atom is -0.461 e. The highest BCUT2D eigenvalue weighted by molar-refractivity contribution is 7.08. The molecular weight excluding hydrogens is 372 g/mol. The fourth-order valence-corrected chi connectivity index (χ4v) is 3.39. The van der Waals surface area contributed by atoms with Crippen molar-refractivity contribution < 1.29 is 13.7 Å². The lowest BCUT2D eigenvalue weighted by atomic mass is 10.0. The maximum absolute atomic E-state index is 12.7. The van der Waals surface area contributed by atoms with Crippen molar-refractivity contribution in [2.75, 3.05) is 0 Å². The van der Waals surface area contributed by atoms with Gasteiger partial charge in [0.05, 0.1) is 12.3 Å². The van der Waals surface area contributed by atoms with Crippen LogP contribution in [0.4, 0.5) is 0 Å². The number of rotatable bonds is 5. The second kappa shape index (κ2) is 7.19. The third-order valence-corrected chi connectivity index (χ3v) is 4.82. The van der Waals surface area contributed by atoms with E-state index < -0.39 is 0 Å². The number of nitrogens with zero attached hydrogens (tertiary/aromatic N) is 1. The van der Waals surface area contributed by atoms with Gasteiger partial charge in [-0.2, -0.15) is 11.3 Å². The summed E-state index contributed by atoms with van der Waals surface area (Å²) in [4.78, 5) is 12.7. The van der Waals surface area contributed by atoms with Gasteiger partial charge >= 0.3 is 0 Å². The van der Waals surface area contributed by atoms with E-state index in [-0.39, 0.29) is 17.6 Å². The normalized spacial score (nSPS) is 12.0.